The fourth-order valence-corrected chi connectivity index (χ4v) is 3.44. The molecular formula is C18H16N4O3S. The van der Waals surface area contributed by atoms with Crippen LogP contribution in [0.2, 0.25) is 0 Å². The van der Waals surface area contributed by atoms with Gasteiger partial charge >= 0.3 is 0 Å². The Morgan fingerprint density at radius 2 is 1.88 bits per heavy atom. The predicted molar refractivity (Wildman–Crippen MR) is 95.1 cm³/mol. The average molecular weight is 368 g/mol. The summed E-state index contributed by atoms with van der Waals surface area (Å²) >= 11 is 0. The van der Waals surface area contributed by atoms with Crippen molar-refractivity contribution < 1.29 is 13.2 Å². The van der Waals surface area contributed by atoms with Crippen LogP contribution in [-0.2, 0) is 16.4 Å². The van der Waals surface area contributed by atoms with Gasteiger partial charge in [0.2, 0.25) is 15.0 Å². The number of nitrogens with zero attached hydrogens (tertiary/aromatic N) is 4. The predicted octanol–water partition coefficient (Wildman–Crippen LogP) is 1.90. The fourth-order valence-electron chi connectivity index (χ4n) is 2.67. The molecule has 2 aromatic heterocycles. The van der Waals surface area contributed by atoms with E-state index in [1.54, 1.807) is 24.4 Å². The Balaban J connectivity index is 2.06. The van der Waals surface area contributed by atoms with Crippen molar-refractivity contribution in [1.82, 2.24) is 14.3 Å². The molecule has 3 rings (SSSR count). The quantitative estimate of drug-likeness (QED) is 0.641. The molecule has 26 heavy (non-hydrogen) atoms. The zero-order chi connectivity index (χ0) is 18.7. The zero-order valence-electron chi connectivity index (χ0n) is 14.0. The molecule has 0 saturated carbocycles. The molecule has 0 fully saturated rings. The number of fused-ring (bicyclic) bond motifs is 1. The largest absolute Gasteiger partial charge is 0.320 e. The lowest BCUT2D eigenvalue weighted by atomic mass is 10.2. The normalized spacial score (nSPS) is 11.2. The number of carbonyl (C=O) groups excluding carboxylic acids is 1. The van der Waals surface area contributed by atoms with Crippen molar-refractivity contribution >= 4 is 21.3 Å². The van der Waals surface area contributed by atoms with Crippen molar-refractivity contribution in [3.05, 3.63) is 66.0 Å². The van der Waals surface area contributed by atoms with Crippen LogP contribution < -0.4 is 0 Å². The van der Waals surface area contributed by atoms with Crippen molar-refractivity contribution in [2.24, 2.45) is 0 Å². The first-order valence-corrected chi connectivity index (χ1v) is 9.68. The molecule has 0 bridgehead atoms. The highest BCUT2D eigenvalue weighted by Gasteiger charge is 2.26. The van der Waals surface area contributed by atoms with E-state index in [0.29, 0.717) is 5.52 Å². The Hall–Kier alpha value is -3.18. The molecule has 0 aliphatic heterocycles. The standard InChI is InChI=1S/C18H16N4O3S/c1-26(24,25)18-20-16(15-9-5-6-11-22(15)18)17(23)21(12-10-19)13-14-7-3-2-4-8-14/h2-9,11H,12-13H2,1H3. The van der Waals surface area contributed by atoms with Gasteiger partial charge in [-0.1, -0.05) is 36.4 Å². The van der Waals surface area contributed by atoms with Gasteiger partial charge in [-0.15, -0.1) is 0 Å². The second kappa shape index (κ2) is 6.98. The van der Waals surface area contributed by atoms with Crippen LogP contribution in [0.3, 0.4) is 0 Å². The van der Waals surface area contributed by atoms with Gasteiger partial charge in [-0.25, -0.2) is 13.4 Å². The third-order valence-electron chi connectivity index (χ3n) is 3.82. The number of benzene rings is 1. The Morgan fingerprint density at radius 1 is 1.19 bits per heavy atom. The summed E-state index contributed by atoms with van der Waals surface area (Å²) in [5, 5.41) is 8.89. The van der Waals surface area contributed by atoms with Crippen LogP contribution in [0.5, 0.6) is 0 Å². The molecule has 132 valence electrons. The minimum Gasteiger partial charge on any atom is -0.320 e. The van der Waals surface area contributed by atoms with Crippen LogP contribution in [0.1, 0.15) is 16.1 Å². The maximum atomic E-state index is 13.0. The van der Waals surface area contributed by atoms with Gasteiger partial charge in [-0.05, 0) is 17.7 Å². The summed E-state index contributed by atoms with van der Waals surface area (Å²) < 4.78 is 25.4. The first-order valence-electron chi connectivity index (χ1n) is 7.79. The van der Waals surface area contributed by atoms with Gasteiger partial charge in [0, 0.05) is 19.0 Å². The first kappa shape index (κ1) is 17.6. The molecule has 1 aromatic carbocycles. The lowest BCUT2D eigenvalue weighted by Crippen LogP contribution is -2.31. The Morgan fingerprint density at radius 3 is 2.54 bits per heavy atom. The molecule has 7 nitrogen and oxygen atoms in total. The van der Waals surface area contributed by atoms with Crippen LogP contribution in [0.4, 0.5) is 0 Å². The molecule has 0 unspecified atom stereocenters. The van der Waals surface area contributed by atoms with E-state index in [2.05, 4.69) is 4.98 Å². The number of hydrogen-bond acceptors (Lipinski definition) is 5. The molecule has 0 saturated heterocycles. The summed E-state index contributed by atoms with van der Waals surface area (Å²) in [7, 11) is -3.62. The van der Waals surface area contributed by atoms with Crippen molar-refractivity contribution in [1.29, 1.82) is 5.26 Å². The molecule has 1 amide bonds. The Bertz CT molecular complexity index is 1100. The maximum Gasteiger partial charge on any atom is 0.275 e. The summed E-state index contributed by atoms with van der Waals surface area (Å²) in [5.74, 6) is -0.492. The van der Waals surface area contributed by atoms with E-state index >= 15 is 0 Å². The maximum absolute atomic E-state index is 13.0. The van der Waals surface area contributed by atoms with E-state index in [0.717, 1.165) is 11.8 Å². The first-order chi connectivity index (χ1) is 12.4. The van der Waals surface area contributed by atoms with Gasteiger partial charge < -0.3 is 4.90 Å². The smallest absolute Gasteiger partial charge is 0.275 e. The monoisotopic (exact) mass is 368 g/mol. The van der Waals surface area contributed by atoms with E-state index in [9.17, 15) is 13.2 Å². The van der Waals surface area contributed by atoms with Gasteiger partial charge in [0.1, 0.15) is 6.54 Å². The van der Waals surface area contributed by atoms with E-state index in [1.165, 1.54) is 9.30 Å². The summed E-state index contributed by atoms with van der Waals surface area (Å²) in [5.41, 5.74) is 1.26. The van der Waals surface area contributed by atoms with Crippen molar-refractivity contribution in [2.75, 3.05) is 12.8 Å². The summed E-state index contributed by atoms with van der Waals surface area (Å²) in [6.45, 7) is 0.0983. The summed E-state index contributed by atoms with van der Waals surface area (Å²) in [6.07, 6.45) is 2.58. The van der Waals surface area contributed by atoms with Crippen molar-refractivity contribution in [3.63, 3.8) is 0 Å². The number of sulfone groups is 1. The number of rotatable bonds is 5. The molecule has 0 aliphatic carbocycles. The molecule has 0 atom stereocenters. The van der Waals surface area contributed by atoms with Gasteiger partial charge in [0.25, 0.3) is 5.91 Å². The zero-order valence-corrected chi connectivity index (χ0v) is 14.8. The molecule has 3 aromatic rings. The Labute approximate surface area is 151 Å². The topological polar surface area (TPSA) is 95.5 Å². The number of hydrogen-bond donors (Lipinski definition) is 0. The molecule has 2 heterocycles. The minimum absolute atomic E-state index is 0.0113. The second-order valence-electron chi connectivity index (χ2n) is 5.78. The van der Waals surface area contributed by atoms with E-state index in [1.807, 2.05) is 36.4 Å². The van der Waals surface area contributed by atoms with Crippen LogP contribution in [0.15, 0.2) is 59.9 Å². The van der Waals surface area contributed by atoms with Gasteiger partial charge in [0.05, 0.1) is 11.6 Å². The SMILES string of the molecule is CS(=O)(=O)c1nc(C(=O)N(CC#N)Cc2ccccc2)c2ccccn12. The third-order valence-corrected chi connectivity index (χ3v) is 4.77. The van der Waals surface area contributed by atoms with Gasteiger partial charge in [-0.2, -0.15) is 5.26 Å². The highest BCUT2D eigenvalue weighted by molar-refractivity contribution is 7.90. The average Bonchev–Trinajstić information content (AvgIpc) is 3.02. The Kier molecular flexibility index (Phi) is 4.73. The molecule has 0 spiro atoms. The van der Waals surface area contributed by atoms with Crippen molar-refractivity contribution in [3.8, 4) is 6.07 Å². The number of pyridine rings is 1. The van der Waals surface area contributed by atoms with Crippen LogP contribution in [0.25, 0.3) is 5.52 Å². The minimum atomic E-state index is -3.62. The number of aromatic nitrogens is 2. The fraction of sp³-hybridized carbons (Fsp3) is 0.167. The molecular weight excluding hydrogens is 352 g/mol. The van der Waals surface area contributed by atoms with Gasteiger partial charge in [-0.3, -0.25) is 9.20 Å². The third kappa shape index (κ3) is 3.43. The highest BCUT2D eigenvalue weighted by Crippen LogP contribution is 2.19. The lowest BCUT2D eigenvalue weighted by Gasteiger charge is -2.18. The number of carbonyl (C=O) groups is 1. The van der Waals surface area contributed by atoms with Crippen molar-refractivity contribution in [2.45, 2.75) is 11.7 Å². The van der Waals surface area contributed by atoms with E-state index < -0.39 is 15.7 Å². The van der Waals surface area contributed by atoms with Crippen LogP contribution in [0, 0.1) is 11.3 Å². The number of imidazole rings is 1. The van der Waals surface area contributed by atoms with Crippen LogP contribution in [-0.4, -0.2) is 41.4 Å². The number of amides is 1. The number of nitriles is 1. The van der Waals surface area contributed by atoms with Gasteiger partial charge in [0.15, 0.2) is 5.69 Å². The second-order valence-corrected chi connectivity index (χ2v) is 7.69. The summed E-state index contributed by atoms with van der Waals surface area (Å²) in [6, 6.07) is 16.2. The van der Waals surface area contributed by atoms with E-state index in [-0.39, 0.29) is 23.9 Å². The summed E-state index contributed by atoms with van der Waals surface area (Å²) in [4.78, 5) is 18.4. The molecule has 0 radical (unpaired) electrons. The molecule has 0 N–H and O–H groups in total. The lowest BCUT2D eigenvalue weighted by molar-refractivity contribution is 0.0761. The highest BCUT2D eigenvalue weighted by atomic mass is 32.2. The molecule has 8 heteroatoms. The molecule has 0 aliphatic rings. The van der Waals surface area contributed by atoms with E-state index in [4.69, 9.17) is 5.26 Å². The van der Waals surface area contributed by atoms with Crippen LogP contribution >= 0.6 is 0 Å².